The Hall–Kier alpha value is -1.69. The molecule has 1 saturated heterocycles. The van der Waals surface area contributed by atoms with Crippen LogP contribution in [0.5, 0.6) is 0 Å². The number of anilines is 1. The molecule has 1 N–H and O–H groups in total. The molecule has 1 aliphatic heterocycles. The van der Waals surface area contributed by atoms with Gasteiger partial charge in [0, 0.05) is 25.8 Å². The minimum Gasteiger partial charge on any atom is -0.326 e. The first-order chi connectivity index (χ1) is 8.66. The van der Waals surface area contributed by atoms with E-state index in [2.05, 4.69) is 27.2 Å². The third-order valence-corrected chi connectivity index (χ3v) is 3.32. The van der Waals surface area contributed by atoms with E-state index < -0.39 is 0 Å². The van der Waals surface area contributed by atoms with Gasteiger partial charge in [-0.2, -0.15) is 0 Å². The lowest BCUT2D eigenvalue weighted by atomic mass is 10.2. The lowest BCUT2D eigenvalue weighted by Crippen LogP contribution is -2.41. The summed E-state index contributed by atoms with van der Waals surface area (Å²) in [6.45, 7) is 1.86. The van der Waals surface area contributed by atoms with Crippen LogP contribution in [0.25, 0.3) is 0 Å². The number of hydrogen-bond acceptors (Lipinski definition) is 4. The maximum Gasteiger partial charge on any atom is 0.322 e. The van der Waals surface area contributed by atoms with Crippen molar-refractivity contribution in [2.24, 2.45) is 0 Å². The summed E-state index contributed by atoms with van der Waals surface area (Å²) in [4.78, 5) is 23.7. The third-order valence-electron chi connectivity index (χ3n) is 3.32. The van der Waals surface area contributed by atoms with Crippen LogP contribution in [0.3, 0.4) is 0 Å². The molecule has 1 aromatic heterocycles. The Labute approximate surface area is 107 Å². The summed E-state index contributed by atoms with van der Waals surface area (Å²) < 4.78 is 0. The number of rotatable bonds is 3. The van der Waals surface area contributed by atoms with Crippen LogP contribution in [-0.2, 0) is 0 Å². The first-order valence-corrected chi connectivity index (χ1v) is 6.15. The fourth-order valence-electron chi connectivity index (χ4n) is 2.18. The molecule has 1 atom stereocenters. The van der Waals surface area contributed by atoms with Gasteiger partial charge < -0.3 is 9.80 Å². The fourth-order valence-corrected chi connectivity index (χ4v) is 2.18. The van der Waals surface area contributed by atoms with Crippen molar-refractivity contribution in [3.63, 3.8) is 0 Å². The average Bonchev–Trinajstić information content (AvgIpc) is 2.76. The zero-order valence-corrected chi connectivity index (χ0v) is 10.8. The molecule has 0 aromatic carbocycles. The molecule has 18 heavy (non-hydrogen) atoms. The van der Waals surface area contributed by atoms with Crippen molar-refractivity contribution in [3.05, 3.63) is 18.6 Å². The molecule has 0 radical (unpaired) electrons. The van der Waals surface area contributed by atoms with E-state index in [4.69, 9.17) is 0 Å². The van der Waals surface area contributed by atoms with Gasteiger partial charge in [0.1, 0.15) is 12.1 Å². The Morgan fingerprint density at radius 1 is 1.67 bits per heavy atom. The van der Waals surface area contributed by atoms with Gasteiger partial charge in [-0.15, -0.1) is 0 Å². The topological polar surface area (TPSA) is 61.4 Å². The van der Waals surface area contributed by atoms with E-state index in [-0.39, 0.29) is 6.03 Å². The molecule has 0 bridgehead atoms. The van der Waals surface area contributed by atoms with Crippen LogP contribution in [0, 0.1) is 0 Å². The summed E-state index contributed by atoms with van der Waals surface area (Å²) in [5, 5.41) is 2.75. The van der Waals surface area contributed by atoms with Crippen molar-refractivity contribution in [3.8, 4) is 0 Å². The highest BCUT2D eigenvalue weighted by atomic mass is 16.2. The maximum atomic E-state index is 11.9. The van der Waals surface area contributed by atoms with Crippen LogP contribution in [0.4, 0.5) is 10.6 Å². The summed E-state index contributed by atoms with van der Waals surface area (Å²) in [5.74, 6) is 0.529. The minimum atomic E-state index is -0.131. The van der Waals surface area contributed by atoms with Gasteiger partial charge in [0.15, 0.2) is 0 Å². The van der Waals surface area contributed by atoms with Gasteiger partial charge in [-0.05, 0) is 32.5 Å². The Bertz CT molecular complexity index is 397. The van der Waals surface area contributed by atoms with Crippen molar-refractivity contribution >= 4 is 11.8 Å². The zero-order chi connectivity index (χ0) is 13.0. The second-order valence-electron chi connectivity index (χ2n) is 4.68. The second-order valence-corrected chi connectivity index (χ2v) is 4.68. The number of nitrogens with one attached hydrogen (secondary N) is 1. The summed E-state index contributed by atoms with van der Waals surface area (Å²) >= 11 is 0. The van der Waals surface area contributed by atoms with E-state index in [1.807, 2.05) is 7.05 Å². The molecule has 1 aromatic rings. The SMILES string of the molecule is CN(CC1CCCN1C)C(=O)Nc1ccncn1. The predicted molar refractivity (Wildman–Crippen MR) is 69.3 cm³/mol. The van der Waals surface area contributed by atoms with E-state index in [1.54, 1.807) is 17.2 Å². The molecule has 1 unspecified atom stereocenters. The number of urea groups is 1. The standard InChI is InChI=1S/C12H19N5O/c1-16-7-3-4-10(16)8-17(2)12(18)15-11-5-6-13-9-14-11/h5-6,9-10H,3-4,7-8H2,1-2H3,(H,13,14,15,18). The predicted octanol–water partition coefficient (Wildman–Crippen LogP) is 1.03. The number of carbonyl (C=O) groups is 1. The lowest BCUT2D eigenvalue weighted by molar-refractivity contribution is 0.201. The van der Waals surface area contributed by atoms with Crippen LogP contribution in [-0.4, -0.2) is 59.0 Å². The van der Waals surface area contributed by atoms with Gasteiger partial charge in [0.25, 0.3) is 0 Å². The molecule has 2 heterocycles. The Morgan fingerprint density at radius 3 is 3.11 bits per heavy atom. The molecule has 6 nitrogen and oxygen atoms in total. The molecule has 6 heteroatoms. The highest BCUT2D eigenvalue weighted by Crippen LogP contribution is 2.15. The molecule has 1 fully saturated rings. The van der Waals surface area contributed by atoms with E-state index in [1.165, 1.54) is 12.7 Å². The van der Waals surface area contributed by atoms with E-state index >= 15 is 0 Å². The number of amides is 2. The van der Waals surface area contributed by atoms with Gasteiger partial charge in [0.05, 0.1) is 0 Å². The average molecular weight is 249 g/mol. The molecular weight excluding hydrogens is 230 g/mol. The fraction of sp³-hybridized carbons (Fsp3) is 0.583. The van der Waals surface area contributed by atoms with Crippen LogP contribution < -0.4 is 5.32 Å². The summed E-state index contributed by atoms with van der Waals surface area (Å²) in [7, 11) is 3.91. The quantitative estimate of drug-likeness (QED) is 0.869. The molecule has 0 aliphatic carbocycles. The number of hydrogen-bond donors (Lipinski definition) is 1. The van der Waals surface area contributed by atoms with Crippen molar-refractivity contribution < 1.29 is 4.79 Å². The molecular formula is C12H19N5O. The van der Waals surface area contributed by atoms with E-state index in [0.29, 0.717) is 11.9 Å². The van der Waals surface area contributed by atoms with Gasteiger partial charge in [-0.3, -0.25) is 5.32 Å². The van der Waals surface area contributed by atoms with Crippen LogP contribution in [0.2, 0.25) is 0 Å². The number of likely N-dealkylation sites (N-methyl/N-ethyl adjacent to an activating group) is 2. The second kappa shape index (κ2) is 5.77. The van der Waals surface area contributed by atoms with E-state index in [0.717, 1.165) is 19.5 Å². The highest BCUT2D eigenvalue weighted by Gasteiger charge is 2.23. The van der Waals surface area contributed by atoms with Crippen LogP contribution in [0.15, 0.2) is 18.6 Å². The van der Waals surface area contributed by atoms with Gasteiger partial charge in [-0.25, -0.2) is 14.8 Å². The Balaban J connectivity index is 1.85. The minimum absolute atomic E-state index is 0.131. The summed E-state index contributed by atoms with van der Waals surface area (Å²) in [6.07, 6.45) is 5.39. The van der Waals surface area contributed by atoms with E-state index in [9.17, 15) is 4.79 Å². The van der Waals surface area contributed by atoms with Crippen molar-refractivity contribution in [1.29, 1.82) is 0 Å². The Morgan fingerprint density at radius 2 is 2.50 bits per heavy atom. The molecule has 0 saturated carbocycles. The van der Waals surface area contributed by atoms with Gasteiger partial charge in [0.2, 0.25) is 0 Å². The number of likely N-dealkylation sites (tertiary alicyclic amines) is 1. The van der Waals surface area contributed by atoms with Gasteiger partial charge in [-0.1, -0.05) is 0 Å². The number of nitrogens with zero attached hydrogens (tertiary/aromatic N) is 4. The maximum absolute atomic E-state index is 11.9. The van der Waals surface area contributed by atoms with Gasteiger partial charge >= 0.3 is 6.03 Å². The first kappa shape index (κ1) is 12.8. The zero-order valence-electron chi connectivity index (χ0n) is 10.8. The molecule has 98 valence electrons. The van der Waals surface area contributed by atoms with Crippen molar-refractivity contribution in [1.82, 2.24) is 19.8 Å². The largest absolute Gasteiger partial charge is 0.326 e. The highest BCUT2D eigenvalue weighted by molar-refractivity contribution is 5.87. The Kier molecular flexibility index (Phi) is 4.09. The van der Waals surface area contributed by atoms with Crippen LogP contribution >= 0.6 is 0 Å². The monoisotopic (exact) mass is 249 g/mol. The number of aromatic nitrogens is 2. The van der Waals surface area contributed by atoms with Crippen molar-refractivity contribution in [2.75, 3.05) is 32.5 Å². The van der Waals surface area contributed by atoms with Crippen molar-refractivity contribution in [2.45, 2.75) is 18.9 Å². The smallest absolute Gasteiger partial charge is 0.322 e. The normalized spacial score (nSPS) is 19.8. The first-order valence-electron chi connectivity index (χ1n) is 6.15. The third kappa shape index (κ3) is 3.16. The summed E-state index contributed by atoms with van der Waals surface area (Å²) in [5.41, 5.74) is 0. The molecule has 0 spiro atoms. The summed E-state index contributed by atoms with van der Waals surface area (Å²) in [6, 6.07) is 2.01. The molecule has 2 amide bonds. The molecule has 1 aliphatic rings. The van der Waals surface area contributed by atoms with Crippen LogP contribution in [0.1, 0.15) is 12.8 Å². The molecule has 2 rings (SSSR count). The lowest BCUT2D eigenvalue weighted by Gasteiger charge is -2.25. The number of carbonyl (C=O) groups excluding carboxylic acids is 1.